The highest BCUT2D eigenvalue weighted by molar-refractivity contribution is 5.94. The van der Waals surface area contributed by atoms with Gasteiger partial charge in [-0.1, -0.05) is 0 Å². The lowest BCUT2D eigenvalue weighted by atomic mass is 10.0. The number of anilines is 1. The Bertz CT molecular complexity index is 1040. The number of nitrogens with zero attached hydrogens (tertiary/aromatic N) is 7. The van der Waals surface area contributed by atoms with Crippen molar-refractivity contribution in [1.82, 2.24) is 29.6 Å². The zero-order chi connectivity index (χ0) is 20.5. The van der Waals surface area contributed by atoms with Gasteiger partial charge in [0.15, 0.2) is 5.65 Å². The van der Waals surface area contributed by atoms with Crippen LogP contribution in [0.1, 0.15) is 29.2 Å². The van der Waals surface area contributed by atoms with Crippen molar-refractivity contribution in [2.45, 2.75) is 18.9 Å². The van der Waals surface area contributed by atoms with E-state index in [1.807, 2.05) is 10.9 Å². The van der Waals surface area contributed by atoms with E-state index in [4.69, 9.17) is 4.74 Å². The van der Waals surface area contributed by atoms with E-state index < -0.39 is 5.95 Å². The average molecular weight is 411 g/mol. The molecule has 0 bridgehead atoms. The summed E-state index contributed by atoms with van der Waals surface area (Å²) >= 11 is 0. The van der Waals surface area contributed by atoms with Gasteiger partial charge in [0.25, 0.3) is 5.91 Å². The predicted molar refractivity (Wildman–Crippen MR) is 107 cm³/mol. The fourth-order valence-electron chi connectivity index (χ4n) is 4.14. The van der Waals surface area contributed by atoms with Crippen LogP contribution >= 0.6 is 0 Å². The van der Waals surface area contributed by atoms with Crippen molar-refractivity contribution >= 4 is 22.8 Å². The molecule has 0 spiro atoms. The number of ether oxygens (including phenoxy) is 1. The Kier molecular flexibility index (Phi) is 4.99. The highest BCUT2D eigenvalue weighted by Gasteiger charge is 2.27. The number of halogens is 1. The van der Waals surface area contributed by atoms with Crippen molar-refractivity contribution in [1.29, 1.82) is 0 Å². The maximum absolute atomic E-state index is 13.0. The molecule has 3 aromatic heterocycles. The van der Waals surface area contributed by atoms with Crippen LogP contribution in [-0.2, 0) is 4.74 Å². The number of fused-ring (bicyclic) bond motifs is 1. The molecular formula is C20H22FN7O2. The zero-order valence-electron chi connectivity index (χ0n) is 16.4. The standard InChI is InChI=1S/C20H22FN7O2/c21-17-2-1-14(11-22-17)20(29)27-5-3-15(4-6-27)28-19-16(12-25-28)18(23-13-24-19)26-7-9-30-10-8-26/h1-2,11-13,15H,3-10H2. The largest absolute Gasteiger partial charge is 0.378 e. The Morgan fingerprint density at radius 1 is 1.03 bits per heavy atom. The number of morpholine rings is 1. The van der Waals surface area contributed by atoms with Gasteiger partial charge >= 0.3 is 0 Å². The van der Waals surface area contributed by atoms with Crippen LogP contribution in [0.3, 0.4) is 0 Å². The van der Waals surface area contributed by atoms with Crippen LogP contribution in [0.15, 0.2) is 30.9 Å². The summed E-state index contributed by atoms with van der Waals surface area (Å²) in [6.07, 6.45) is 6.25. The molecule has 0 aliphatic carbocycles. The molecule has 0 aromatic carbocycles. The van der Waals surface area contributed by atoms with Crippen LogP contribution < -0.4 is 4.90 Å². The van der Waals surface area contributed by atoms with Gasteiger partial charge in [-0.05, 0) is 25.0 Å². The number of amides is 1. The van der Waals surface area contributed by atoms with Crippen molar-refractivity contribution in [2.75, 3.05) is 44.3 Å². The third kappa shape index (κ3) is 3.47. The average Bonchev–Trinajstić information content (AvgIpc) is 3.24. The van der Waals surface area contributed by atoms with Gasteiger partial charge in [0.2, 0.25) is 5.95 Å². The predicted octanol–water partition coefficient (Wildman–Crippen LogP) is 1.67. The van der Waals surface area contributed by atoms with Gasteiger partial charge < -0.3 is 14.5 Å². The minimum absolute atomic E-state index is 0.122. The van der Waals surface area contributed by atoms with Gasteiger partial charge in [-0.3, -0.25) is 4.79 Å². The first kappa shape index (κ1) is 18.9. The van der Waals surface area contributed by atoms with Gasteiger partial charge in [0, 0.05) is 32.4 Å². The van der Waals surface area contributed by atoms with E-state index in [9.17, 15) is 9.18 Å². The third-order valence-corrected chi connectivity index (χ3v) is 5.75. The van der Waals surface area contributed by atoms with E-state index in [0.29, 0.717) is 31.9 Å². The molecule has 10 heteroatoms. The first-order valence-electron chi connectivity index (χ1n) is 10.1. The number of hydrogen-bond donors (Lipinski definition) is 0. The molecule has 5 heterocycles. The molecule has 2 fully saturated rings. The molecule has 9 nitrogen and oxygen atoms in total. The molecule has 2 aliphatic heterocycles. The quantitative estimate of drug-likeness (QED) is 0.606. The van der Waals surface area contributed by atoms with Crippen LogP contribution in [0.25, 0.3) is 11.0 Å². The number of carbonyl (C=O) groups is 1. The fraction of sp³-hybridized carbons (Fsp3) is 0.450. The summed E-state index contributed by atoms with van der Waals surface area (Å²) < 4.78 is 20.4. The van der Waals surface area contributed by atoms with E-state index in [-0.39, 0.29) is 11.9 Å². The monoisotopic (exact) mass is 411 g/mol. The minimum Gasteiger partial charge on any atom is -0.378 e. The molecule has 3 aromatic rings. The number of pyridine rings is 1. The molecule has 0 atom stereocenters. The van der Waals surface area contributed by atoms with E-state index in [1.165, 1.54) is 18.3 Å². The molecule has 30 heavy (non-hydrogen) atoms. The fourth-order valence-corrected chi connectivity index (χ4v) is 4.14. The zero-order valence-corrected chi connectivity index (χ0v) is 16.4. The van der Waals surface area contributed by atoms with E-state index >= 15 is 0 Å². The SMILES string of the molecule is O=C(c1ccc(F)nc1)N1CCC(n2ncc3c(N4CCOCC4)ncnc32)CC1. The summed E-state index contributed by atoms with van der Waals surface area (Å²) in [6.45, 7) is 4.19. The van der Waals surface area contributed by atoms with E-state index in [2.05, 4.69) is 25.0 Å². The van der Waals surface area contributed by atoms with E-state index in [1.54, 1.807) is 11.2 Å². The Morgan fingerprint density at radius 2 is 1.83 bits per heavy atom. The molecule has 0 saturated carbocycles. The lowest BCUT2D eigenvalue weighted by molar-refractivity contribution is 0.0691. The summed E-state index contributed by atoms with van der Waals surface area (Å²) in [5.74, 6) is 0.184. The van der Waals surface area contributed by atoms with Gasteiger partial charge in [-0.15, -0.1) is 0 Å². The second kappa shape index (κ2) is 7.94. The summed E-state index contributed by atoms with van der Waals surface area (Å²) in [5, 5.41) is 5.55. The molecule has 0 N–H and O–H groups in total. The Hall–Kier alpha value is -3.14. The molecular weight excluding hydrogens is 389 g/mol. The Morgan fingerprint density at radius 3 is 2.57 bits per heavy atom. The molecule has 0 radical (unpaired) electrons. The minimum atomic E-state index is -0.589. The lowest BCUT2D eigenvalue weighted by Crippen LogP contribution is -2.39. The van der Waals surface area contributed by atoms with Gasteiger partial charge in [-0.2, -0.15) is 9.49 Å². The highest BCUT2D eigenvalue weighted by atomic mass is 19.1. The number of piperidine rings is 1. The van der Waals surface area contributed by atoms with Crippen LogP contribution in [-0.4, -0.2) is 74.9 Å². The normalized spacial score (nSPS) is 18.2. The number of rotatable bonds is 3. The Labute approximate surface area is 172 Å². The lowest BCUT2D eigenvalue weighted by Gasteiger charge is -2.32. The maximum Gasteiger partial charge on any atom is 0.255 e. The number of hydrogen-bond acceptors (Lipinski definition) is 7. The molecule has 5 rings (SSSR count). The van der Waals surface area contributed by atoms with Crippen molar-refractivity contribution in [3.63, 3.8) is 0 Å². The smallest absolute Gasteiger partial charge is 0.255 e. The maximum atomic E-state index is 13.0. The van der Waals surface area contributed by atoms with Gasteiger partial charge in [0.1, 0.15) is 12.1 Å². The highest BCUT2D eigenvalue weighted by Crippen LogP contribution is 2.29. The summed E-state index contributed by atoms with van der Waals surface area (Å²) in [5.41, 5.74) is 1.22. The summed E-state index contributed by atoms with van der Waals surface area (Å²) in [7, 11) is 0. The molecule has 2 aliphatic rings. The Balaban J connectivity index is 1.31. The second-order valence-corrected chi connectivity index (χ2v) is 7.52. The second-order valence-electron chi connectivity index (χ2n) is 7.52. The van der Waals surface area contributed by atoms with Crippen molar-refractivity contribution in [2.24, 2.45) is 0 Å². The third-order valence-electron chi connectivity index (χ3n) is 5.75. The van der Waals surface area contributed by atoms with Crippen LogP contribution in [0.4, 0.5) is 10.2 Å². The van der Waals surface area contributed by atoms with E-state index in [0.717, 1.165) is 42.8 Å². The van der Waals surface area contributed by atoms with Crippen LogP contribution in [0.5, 0.6) is 0 Å². The van der Waals surface area contributed by atoms with Crippen LogP contribution in [0, 0.1) is 5.95 Å². The number of aromatic nitrogens is 5. The summed E-state index contributed by atoms with van der Waals surface area (Å²) in [4.78, 5) is 29.2. The topological polar surface area (TPSA) is 89.3 Å². The first-order valence-corrected chi connectivity index (χ1v) is 10.1. The molecule has 0 unspecified atom stereocenters. The van der Waals surface area contributed by atoms with Crippen molar-refractivity contribution in [3.05, 3.63) is 42.4 Å². The molecule has 2 saturated heterocycles. The van der Waals surface area contributed by atoms with Crippen LogP contribution in [0.2, 0.25) is 0 Å². The van der Waals surface area contributed by atoms with Crippen molar-refractivity contribution < 1.29 is 13.9 Å². The number of carbonyl (C=O) groups excluding carboxylic acids is 1. The molecule has 156 valence electrons. The van der Waals surface area contributed by atoms with Gasteiger partial charge in [-0.25, -0.2) is 19.6 Å². The van der Waals surface area contributed by atoms with Gasteiger partial charge in [0.05, 0.1) is 36.4 Å². The van der Waals surface area contributed by atoms with Crippen molar-refractivity contribution in [3.8, 4) is 0 Å². The molecule has 1 amide bonds. The number of likely N-dealkylation sites (tertiary alicyclic amines) is 1. The first-order chi connectivity index (χ1) is 14.7. The summed E-state index contributed by atoms with van der Waals surface area (Å²) in [6, 6.07) is 2.84.